The molecule has 1 N–H and O–H groups in total. The van der Waals surface area contributed by atoms with E-state index in [2.05, 4.69) is 9.88 Å². The van der Waals surface area contributed by atoms with E-state index in [4.69, 9.17) is 25.8 Å². The fourth-order valence-corrected chi connectivity index (χ4v) is 6.19. The van der Waals surface area contributed by atoms with Crippen molar-refractivity contribution in [3.8, 4) is 11.5 Å². The third-order valence-electron chi connectivity index (χ3n) is 5.95. The standard InChI is InChI=1S/C25H30ClN3O6S2/c1-33-22-3-5-23(6-4-22)37(31,32)29(9-8-28-10-12-34-13-11-28)15-19-14-20(26)2-7-24(19)35-17-25-27-21(16-30)18-36-25/h2-7,14,18,30H,8-13,15-17H2,1H3. The Hall–Kier alpha value is -2.25. The number of aliphatic hydroxyl groups excluding tert-OH is 1. The van der Waals surface area contributed by atoms with Crippen LogP contribution in [0.15, 0.2) is 52.7 Å². The number of hydrogen-bond acceptors (Lipinski definition) is 9. The van der Waals surface area contributed by atoms with E-state index in [0.717, 1.165) is 13.1 Å². The second kappa shape index (κ2) is 13.0. The third-order valence-corrected chi connectivity index (χ3v) is 8.91. The second-order valence-electron chi connectivity index (χ2n) is 8.40. The van der Waals surface area contributed by atoms with Crippen molar-refractivity contribution in [2.45, 2.75) is 24.7 Å². The number of aromatic nitrogens is 1. The molecule has 12 heteroatoms. The van der Waals surface area contributed by atoms with Crippen molar-refractivity contribution >= 4 is 33.0 Å². The molecular weight excluding hydrogens is 538 g/mol. The van der Waals surface area contributed by atoms with Gasteiger partial charge in [-0.25, -0.2) is 13.4 Å². The van der Waals surface area contributed by atoms with Crippen LogP contribution in [0, 0.1) is 0 Å². The number of sulfonamides is 1. The summed E-state index contributed by atoms with van der Waals surface area (Å²) in [6.45, 7) is 3.76. The highest BCUT2D eigenvalue weighted by Crippen LogP contribution is 2.28. The predicted molar refractivity (Wildman–Crippen MR) is 142 cm³/mol. The Labute approximate surface area is 226 Å². The summed E-state index contributed by atoms with van der Waals surface area (Å²) in [6, 6.07) is 11.5. The van der Waals surface area contributed by atoms with Crippen molar-refractivity contribution in [3.63, 3.8) is 0 Å². The van der Waals surface area contributed by atoms with Crippen LogP contribution in [0.2, 0.25) is 5.02 Å². The maximum Gasteiger partial charge on any atom is 0.243 e. The number of ether oxygens (including phenoxy) is 3. The quantitative estimate of drug-likeness (QED) is 0.355. The maximum atomic E-state index is 13.8. The van der Waals surface area contributed by atoms with E-state index in [0.29, 0.717) is 52.5 Å². The van der Waals surface area contributed by atoms with Crippen molar-refractivity contribution in [2.75, 3.05) is 46.5 Å². The van der Waals surface area contributed by atoms with E-state index in [9.17, 15) is 13.5 Å². The van der Waals surface area contributed by atoms with Crippen molar-refractivity contribution in [1.29, 1.82) is 0 Å². The first-order chi connectivity index (χ1) is 17.9. The van der Waals surface area contributed by atoms with Crippen LogP contribution >= 0.6 is 22.9 Å². The van der Waals surface area contributed by atoms with Crippen LogP contribution in [-0.2, 0) is 34.5 Å². The second-order valence-corrected chi connectivity index (χ2v) is 11.7. The first kappa shape index (κ1) is 27.8. The summed E-state index contributed by atoms with van der Waals surface area (Å²) < 4.78 is 45.6. The molecule has 4 rings (SSSR count). The molecule has 2 aromatic carbocycles. The average Bonchev–Trinajstić information content (AvgIpc) is 3.39. The zero-order valence-electron chi connectivity index (χ0n) is 20.5. The first-order valence-electron chi connectivity index (χ1n) is 11.8. The van der Waals surface area contributed by atoms with Crippen LogP contribution < -0.4 is 9.47 Å². The van der Waals surface area contributed by atoms with Gasteiger partial charge in [-0.15, -0.1) is 11.3 Å². The van der Waals surface area contributed by atoms with Crippen molar-refractivity contribution < 1.29 is 27.7 Å². The maximum absolute atomic E-state index is 13.8. The minimum absolute atomic E-state index is 0.0777. The molecular formula is C25H30ClN3O6S2. The molecule has 0 aliphatic carbocycles. The molecule has 200 valence electrons. The fraction of sp³-hybridized carbons (Fsp3) is 0.400. The molecule has 3 aromatic rings. The summed E-state index contributed by atoms with van der Waals surface area (Å²) in [5, 5.41) is 12.2. The minimum Gasteiger partial charge on any atom is -0.497 e. The molecule has 1 fully saturated rings. The fourth-order valence-electron chi connectivity index (χ4n) is 3.89. The van der Waals surface area contributed by atoms with E-state index in [-0.39, 0.29) is 31.2 Å². The van der Waals surface area contributed by atoms with Gasteiger partial charge >= 0.3 is 0 Å². The minimum atomic E-state index is -3.84. The lowest BCUT2D eigenvalue weighted by Gasteiger charge is -2.30. The van der Waals surface area contributed by atoms with Gasteiger partial charge in [0.25, 0.3) is 0 Å². The predicted octanol–water partition coefficient (Wildman–Crippen LogP) is 3.40. The lowest BCUT2D eigenvalue weighted by molar-refractivity contribution is 0.0361. The molecule has 0 atom stereocenters. The van der Waals surface area contributed by atoms with E-state index in [1.165, 1.54) is 22.8 Å². The number of halogens is 1. The molecule has 1 aliphatic heterocycles. The Kier molecular flexibility index (Phi) is 9.77. The molecule has 0 radical (unpaired) electrons. The van der Waals surface area contributed by atoms with Crippen molar-refractivity contribution in [3.05, 3.63) is 69.1 Å². The average molecular weight is 568 g/mol. The Morgan fingerprint density at radius 1 is 1.19 bits per heavy atom. The molecule has 0 saturated carbocycles. The summed E-state index contributed by atoms with van der Waals surface area (Å²) in [5.41, 5.74) is 1.23. The number of hydrogen-bond donors (Lipinski definition) is 1. The molecule has 0 bridgehead atoms. The molecule has 1 saturated heterocycles. The number of aliphatic hydroxyl groups is 1. The number of thiazole rings is 1. The number of benzene rings is 2. The topological polar surface area (TPSA) is 101 Å². The number of morpholine rings is 1. The third kappa shape index (κ3) is 7.41. The summed E-state index contributed by atoms with van der Waals surface area (Å²) in [4.78, 5) is 6.68. The van der Waals surface area contributed by atoms with Gasteiger partial charge in [-0.3, -0.25) is 4.90 Å². The van der Waals surface area contributed by atoms with Gasteiger partial charge < -0.3 is 19.3 Å². The van der Waals surface area contributed by atoms with Gasteiger partial charge in [-0.1, -0.05) is 11.6 Å². The van der Waals surface area contributed by atoms with Gasteiger partial charge in [0.15, 0.2) is 0 Å². The zero-order valence-corrected chi connectivity index (χ0v) is 22.9. The van der Waals surface area contributed by atoms with Crippen LogP contribution in [0.4, 0.5) is 0 Å². The summed E-state index contributed by atoms with van der Waals surface area (Å²) >= 11 is 7.70. The number of methoxy groups -OCH3 is 1. The first-order valence-corrected chi connectivity index (χ1v) is 14.5. The smallest absolute Gasteiger partial charge is 0.243 e. The van der Waals surface area contributed by atoms with Crippen LogP contribution in [0.5, 0.6) is 11.5 Å². The van der Waals surface area contributed by atoms with Crippen LogP contribution in [-0.4, -0.2) is 74.2 Å². The normalized spacial score (nSPS) is 14.7. The van der Waals surface area contributed by atoms with E-state index < -0.39 is 10.0 Å². The molecule has 37 heavy (non-hydrogen) atoms. The largest absolute Gasteiger partial charge is 0.497 e. The molecule has 1 aromatic heterocycles. The van der Waals surface area contributed by atoms with Gasteiger partial charge in [0.1, 0.15) is 23.1 Å². The monoisotopic (exact) mass is 567 g/mol. The molecule has 0 unspecified atom stereocenters. The number of rotatable bonds is 12. The Balaban J connectivity index is 1.58. The lowest BCUT2D eigenvalue weighted by atomic mass is 10.2. The van der Waals surface area contributed by atoms with Gasteiger partial charge in [0.2, 0.25) is 10.0 Å². The van der Waals surface area contributed by atoms with Gasteiger partial charge in [0, 0.05) is 48.7 Å². The Morgan fingerprint density at radius 2 is 1.95 bits per heavy atom. The molecule has 1 aliphatic rings. The van der Waals surface area contributed by atoms with Crippen LogP contribution in [0.1, 0.15) is 16.3 Å². The van der Waals surface area contributed by atoms with Crippen molar-refractivity contribution in [2.24, 2.45) is 0 Å². The summed E-state index contributed by atoms with van der Waals surface area (Å²) in [6.07, 6.45) is 0. The Bertz CT molecular complexity index is 1260. The molecule has 9 nitrogen and oxygen atoms in total. The number of nitrogens with zero attached hydrogens (tertiary/aromatic N) is 3. The van der Waals surface area contributed by atoms with Crippen molar-refractivity contribution in [1.82, 2.24) is 14.2 Å². The lowest BCUT2D eigenvalue weighted by Crippen LogP contribution is -2.42. The highest BCUT2D eigenvalue weighted by molar-refractivity contribution is 7.89. The SMILES string of the molecule is COc1ccc(S(=O)(=O)N(CCN2CCOCC2)Cc2cc(Cl)ccc2OCc2nc(CO)cs2)cc1. The van der Waals surface area contributed by atoms with Gasteiger partial charge in [-0.05, 0) is 42.5 Å². The molecule has 2 heterocycles. The zero-order chi connectivity index (χ0) is 26.3. The summed E-state index contributed by atoms with van der Waals surface area (Å²) in [5.74, 6) is 1.10. The Morgan fingerprint density at radius 3 is 2.62 bits per heavy atom. The van der Waals surface area contributed by atoms with Gasteiger partial charge in [-0.2, -0.15) is 4.31 Å². The van der Waals surface area contributed by atoms with E-state index >= 15 is 0 Å². The highest BCUT2D eigenvalue weighted by Gasteiger charge is 2.27. The van der Waals surface area contributed by atoms with E-state index in [1.807, 2.05) is 0 Å². The molecule has 0 amide bonds. The molecule has 0 spiro atoms. The van der Waals surface area contributed by atoms with Gasteiger partial charge in [0.05, 0.1) is 37.5 Å². The summed E-state index contributed by atoms with van der Waals surface area (Å²) in [7, 11) is -2.30. The van der Waals surface area contributed by atoms with Crippen LogP contribution in [0.3, 0.4) is 0 Å². The van der Waals surface area contributed by atoms with Crippen LogP contribution in [0.25, 0.3) is 0 Å². The highest BCUT2D eigenvalue weighted by atomic mass is 35.5. The van der Waals surface area contributed by atoms with E-state index in [1.54, 1.807) is 47.8 Å².